The van der Waals surface area contributed by atoms with E-state index in [4.69, 9.17) is 0 Å². The van der Waals surface area contributed by atoms with Crippen LogP contribution in [0.25, 0.3) is 11.3 Å². The monoisotopic (exact) mass is 231 g/mol. The average molecular weight is 231 g/mol. The van der Waals surface area contributed by atoms with Crippen molar-refractivity contribution in [3.8, 4) is 11.3 Å². The SMILES string of the molecule is Cn1nc(-c2ccc([N+](=O)[O-])cc2)ccc1=O. The van der Waals surface area contributed by atoms with Crippen molar-refractivity contribution in [3.05, 3.63) is 56.9 Å². The molecule has 0 fully saturated rings. The Kier molecular flexibility index (Phi) is 2.70. The van der Waals surface area contributed by atoms with Crippen molar-refractivity contribution in [2.24, 2.45) is 7.05 Å². The van der Waals surface area contributed by atoms with Gasteiger partial charge in [-0.1, -0.05) is 0 Å². The number of benzene rings is 1. The molecule has 0 aliphatic rings. The van der Waals surface area contributed by atoms with Crippen molar-refractivity contribution in [1.82, 2.24) is 9.78 Å². The number of non-ortho nitro benzene ring substituents is 1. The molecule has 0 radical (unpaired) electrons. The Balaban J connectivity index is 2.43. The first-order valence-electron chi connectivity index (χ1n) is 4.87. The van der Waals surface area contributed by atoms with E-state index >= 15 is 0 Å². The number of rotatable bonds is 2. The number of aryl methyl sites for hydroxylation is 1. The number of nitro groups is 1. The second-order valence-electron chi connectivity index (χ2n) is 3.48. The summed E-state index contributed by atoms with van der Waals surface area (Å²) in [6, 6.07) is 9.01. The first-order valence-corrected chi connectivity index (χ1v) is 4.87. The highest BCUT2D eigenvalue weighted by molar-refractivity contribution is 5.60. The summed E-state index contributed by atoms with van der Waals surface area (Å²) in [6.45, 7) is 0. The molecule has 1 aromatic heterocycles. The lowest BCUT2D eigenvalue weighted by Gasteiger charge is -2.02. The fourth-order valence-electron chi connectivity index (χ4n) is 1.41. The van der Waals surface area contributed by atoms with E-state index in [1.165, 1.54) is 22.9 Å². The van der Waals surface area contributed by atoms with Crippen molar-refractivity contribution in [1.29, 1.82) is 0 Å². The fraction of sp³-hybridized carbons (Fsp3) is 0.0909. The van der Waals surface area contributed by atoms with Gasteiger partial charge in [0.25, 0.3) is 11.2 Å². The van der Waals surface area contributed by atoms with Crippen molar-refractivity contribution in [3.63, 3.8) is 0 Å². The Morgan fingerprint density at radius 3 is 2.35 bits per heavy atom. The van der Waals surface area contributed by atoms with Crippen LogP contribution in [0.1, 0.15) is 0 Å². The highest BCUT2D eigenvalue weighted by Crippen LogP contribution is 2.19. The first-order chi connectivity index (χ1) is 8.08. The van der Waals surface area contributed by atoms with Gasteiger partial charge in [0.05, 0.1) is 10.6 Å². The molecule has 0 aliphatic heterocycles. The summed E-state index contributed by atoms with van der Waals surface area (Å²) in [7, 11) is 1.55. The Hall–Kier alpha value is -2.50. The highest BCUT2D eigenvalue weighted by Gasteiger charge is 2.06. The van der Waals surface area contributed by atoms with Crippen LogP contribution in [0.4, 0.5) is 5.69 Å². The third-order valence-electron chi connectivity index (χ3n) is 2.33. The molecule has 6 nitrogen and oxygen atoms in total. The van der Waals surface area contributed by atoms with Crippen LogP contribution in [0.5, 0.6) is 0 Å². The van der Waals surface area contributed by atoms with Gasteiger partial charge in [-0.2, -0.15) is 5.10 Å². The predicted octanol–water partition coefficient (Wildman–Crippen LogP) is 1.36. The molecule has 0 unspecified atom stereocenters. The smallest absolute Gasteiger partial charge is 0.268 e. The van der Waals surface area contributed by atoms with Crippen LogP contribution in [0, 0.1) is 10.1 Å². The van der Waals surface area contributed by atoms with Crippen LogP contribution in [-0.2, 0) is 7.05 Å². The number of nitrogens with zero attached hydrogens (tertiary/aromatic N) is 3. The van der Waals surface area contributed by atoms with E-state index in [1.807, 2.05) is 0 Å². The molecule has 0 amide bonds. The van der Waals surface area contributed by atoms with E-state index < -0.39 is 4.92 Å². The minimum atomic E-state index is -0.460. The molecule has 0 aliphatic carbocycles. The van der Waals surface area contributed by atoms with Crippen LogP contribution in [0.2, 0.25) is 0 Å². The van der Waals surface area contributed by atoms with Crippen LogP contribution in [-0.4, -0.2) is 14.7 Å². The zero-order valence-corrected chi connectivity index (χ0v) is 9.03. The van der Waals surface area contributed by atoms with Gasteiger partial charge in [-0.25, -0.2) is 4.68 Å². The molecule has 1 heterocycles. The van der Waals surface area contributed by atoms with Crippen LogP contribution in [0.3, 0.4) is 0 Å². The van der Waals surface area contributed by atoms with E-state index in [0.717, 1.165) is 5.56 Å². The summed E-state index contributed by atoms with van der Waals surface area (Å²) in [6.07, 6.45) is 0. The predicted molar refractivity (Wildman–Crippen MR) is 61.6 cm³/mol. The van der Waals surface area contributed by atoms with Crippen molar-refractivity contribution in [2.75, 3.05) is 0 Å². The second-order valence-corrected chi connectivity index (χ2v) is 3.48. The average Bonchev–Trinajstić information content (AvgIpc) is 2.33. The van der Waals surface area contributed by atoms with Gasteiger partial charge in [0, 0.05) is 30.8 Å². The maximum atomic E-state index is 11.2. The Morgan fingerprint density at radius 1 is 1.18 bits per heavy atom. The molecule has 2 rings (SSSR count). The summed E-state index contributed by atoms with van der Waals surface area (Å²) in [5, 5.41) is 14.5. The third kappa shape index (κ3) is 2.20. The largest absolute Gasteiger partial charge is 0.269 e. The lowest BCUT2D eigenvalue weighted by atomic mass is 10.1. The standard InChI is InChI=1S/C11H9N3O3/c1-13-11(15)7-6-10(12-13)8-2-4-9(5-3-8)14(16)17/h2-7H,1H3. The maximum Gasteiger partial charge on any atom is 0.269 e. The summed E-state index contributed by atoms with van der Waals surface area (Å²) < 4.78 is 1.22. The van der Waals surface area contributed by atoms with E-state index in [2.05, 4.69) is 5.10 Å². The zero-order valence-electron chi connectivity index (χ0n) is 9.03. The van der Waals surface area contributed by atoms with Gasteiger partial charge in [-0.05, 0) is 18.2 Å². The highest BCUT2D eigenvalue weighted by atomic mass is 16.6. The molecule has 0 saturated heterocycles. The molecular formula is C11H9N3O3. The van der Waals surface area contributed by atoms with Crippen molar-refractivity contribution < 1.29 is 4.92 Å². The van der Waals surface area contributed by atoms with Gasteiger partial charge in [0.1, 0.15) is 0 Å². The maximum absolute atomic E-state index is 11.2. The number of nitro benzene ring substituents is 1. The fourth-order valence-corrected chi connectivity index (χ4v) is 1.41. The van der Waals surface area contributed by atoms with Gasteiger partial charge in [-0.3, -0.25) is 14.9 Å². The molecular weight excluding hydrogens is 222 g/mol. The van der Waals surface area contributed by atoms with Gasteiger partial charge in [0.2, 0.25) is 0 Å². The number of hydrogen-bond acceptors (Lipinski definition) is 4. The lowest BCUT2D eigenvalue weighted by Crippen LogP contribution is -2.18. The minimum absolute atomic E-state index is 0.0265. The summed E-state index contributed by atoms with van der Waals surface area (Å²) >= 11 is 0. The van der Waals surface area contributed by atoms with Crippen LogP contribution < -0.4 is 5.56 Å². The quantitative estimate of drug-likeness (QED) is 0.577. The third-order valence-corrected chi connectivity index (χ3v) is 2.33. The number of hydrogen-bond donors (Lipinski definition) is 0. The van der Waals surface area contributed by atoms with Gasteiger partial charge in [-0.15, -0.1) is 0 Å². The lowest BCUT2D eigenvalue weighted by molar-refractivity contribution is -0.384. The van der Waals surface area contributed by atoms with Crippen molar-refractivity contribution >= 4 is 5.69 Å². The minimum Gasteiger partial charge on any atom is -0.268 e. The van der Waals surface area contributed by atoms with Crippen molar-refractivity contribution in [2.45, 2.75) is 0 Å². The van der Waals surface area contributed by atoms with Crippen LogP contribution in [0.15, 0.2) is 41.2 Å². The Labute approximate surface area is 96.3 Å². The molecule has 1 aromatic carbocycles. The Bertz CT molecular complexity index is 617. The van der Waals surface area contributed by atoms with Gasteiger partial charge in [0.15, 0.2) is 0 Å². The van der Waals surface area contributed by atoms with Gasteiger partial charge >= 0.3 is 0 Å². The molecule has 0 atom stereocenters. The molecule has 2 aromatic rings. The molecule has 6 heteroatoms. The molecule has 17 heavy (non-hydrogen) atoms. The summed E-state index contributed by atoms with van der Waals surface area (Å²) in [5.41, 5.74) is 1.16. The normalized spacial score (nSPS) is 10.2. The zero-order chi connectivity index (χ0) is 12.4. The molecule has 0 spiro atoms. The van der Waals surface area contributed by atoms with Crippen LogP contribution >= 0.6 is 0 Å². The van der Waals surface area contributed by atoms with Gasteiger partial charge < -0.3 is 0 Å². The second kappa shape index (κ2) is 4.17. The van der Waals surface area contributed by atoms with E-state index in [-0.39, 0.29) is 11.2 Å². The summed E-state index contributed by atoms with van der Waals surface area (Å²) in [5.74, 6) is 0. The van der Waals surface area contributed by atoms with E-state index in [0.29, 0.717) is 5.69 Å². The van der Waals surface area contributed by atoms with E-state index in [9.17, 15) is 14.9 Å². The summed E-state index contributed by atoms with van der Waals surface area (Å²) in [4.78, 5) is 21.2. The topological polar surface area (TPSA) is 78.0 Å². The first kappa shape index (κ1) is 11.0. The molecule has 0 N–H and O–H groups in total. The Morgan fingerprint density at radius 2 is 1.82 bits per heavy atom. The molecule has 0 bridgehead atoms. The molecule has 86 valence electrons. The van der Waals surface area contributed by atoms with E-state index in [1.54, 1.807) is 25.2 Å². The number of aromatic nitrogens is 2. The molecule has 0 saturated carbocycles.